The summed E-state index contributed by atoms with van der Waals surface area (Å²) < 4.78 is 15.7. The van der Waals surface area contributed by atoms with Crippen LogP contribution >= 0.6 is 0 Å². The SMILES string of the molecule is COCCOC(=O)Nc1cccc(NC(=O)CCOc2ccccc2-c2ccccc2)c1. The molecule has 0 radical (unpaired) electrons. The van der Waals surface area contributed by atoms with E-state index in [0.717, 1.165) is 16.9 Å². The smallest absolute Gasteiger partial charge is 0.411 e. The normalized spacial score (nSPS) is 10.3. The molecule has 0 unspecified atom stereocenters. The van der Waals surface area contributed by atoms with Gasteiger partial charge in [-0.1, -0.05) is 54.6 Å². The zero-order chi connectivity index (χ0) is 22.6. The van der Waals surface area contributed by atoms with Crippen LogP contribution in [0.3, 0.4) is 0 Å². The summed E-state index contributed by atoms with van der Waals surface area (Å²) in [5, 5.41) is 5.42. The van der Waals surface area contributed by atoms with Crippen LogP contribution in [-0.4, -0.2) is 38.9 Å². The highest BCUT2D eigenvalue weighted by atomic mass is 16.6. The highest BCUT2D eigenvalue weighted by Gasteiger charge is 2.09. The zero-order valence-corrected chi connectivity index (χ0v) is 17.9. The van der Waals surface area contributed by atoms with Gasteiger partial charge in [-0.25, -0.2) is 4.79 Å². The van der Waals surface area contributed by atoms with Gasteiger partial charge in [-0.3, -0.25) is 10.1 Å². The topological polar surface area (TPSA) is 85.9 Å². The molecule has 7 heteroatoms. The molecule has 0 aliphatic heterocycles. The molecule has 0 heterocycles. The van der Waals surface area contributed by atoms with Gasteiger partial charge in [-0.15, -0.1) is 0 Å². The number of amides is 2. The summed E-state index contributed by atoms with van der Waals surface area (Å²) in [6.07, 6.45) is -0.407. The van der Waals surface area contributed by atoms with E-state index in [1.807, 2.05) is 54.6 Å². The predicted octanol–water partition coefficient (Wildman–Crippen LogP) is 4.96. The third-order valence-corrected chi connectivity index (χ3v) is 4.47. The van der Waals surface area contributed by atoms with Crippen molar-refractivity contribution in [1.82, 2.24) is 0 Å². The molecule has 0 aromatic heterocycles. The maximum atomic E-state index is 12.3. The van der Waals surface area contributed by atoms with Gasteiger partial charge in [0.05, 0.1) is 19.6 Å². The fourth-order valence-corrected chi connectivity index (χ4v) is 2.97. The monoisotopic (exact) mass is 434 g/mol. The molecular formula is C25H26N2O5. The minimum Gasteiger partial charge on any atom is -0.492 e. The summed E-state index contributed by atoms with van der Waals surface area (Å²) in [5.41, 5.74) is 3.11. The molecule has 2 amide bonds. The fraction of sp³-hybridized carbons (Fsp3) is 0.200. The van der Waals surface area contributed by atoms with E-state index in [9.17, 15) is 9.59 Å². The first-order chi connectivity index (χ1) is 15.7. The molecule has 7 nitrogen and oxygen atoms in total. The summed E-state index contributed by atoms with van der Waals surface area (Å²) in [6.45, 7) is 0.715. The van der Waals surface area contributed by atoms with Crippen molar-refractivity contribution >= 4 is 23.4 Å². The Hall–Kier alpha value is -3.84. The molecule has 0 fully saturated rings. The van der Waals surface area contributed by atoms with E-state index in [1.54, 1.807) is 24.3 Å². The number of methoxy groups -OCH3 is 1. The lowest BCUT2D eigenvalue weighted by Crippen LogP contribution is -2.17. The molecule has 2 N–H and O–H groups in total. The third kappa shape index (κ3) is 7.14. The highest BCUT2D eigenvalue weighted by molar-refractivity contribution is 5.92. The van der Waals surface area contributed by atoms with E-state index in [1.165, 1.54) is 7.11 Å². The lowest BCUT2D eigenvalue weighted by atomic mass is 10.1. The minimum atomic E-state index is -0.587. The van der Waals surface area contributed by atoms with Gasteiger partial charge in [0, 0.05) is 24.0 Å². The van der Waals surface area contributed by atoms with E-state index in [2.05, 4.69) is 10.6 Å². The van der Waals surface area contributed by atoms with E-state index < -0.39 is 6.09 Å². The Morgan fingerprint density at radius 3 is 2.28 bits per heavy atom. The molecular weight excluding hydrogens is 408 g/mol. The van der Waals surface area contributed by atoms with Gasteiger partial charge >= 0.3 is 6.09 Å². The van der Waals surface area contributed by atoms with E-state index in [-0.39, 0.29) is 25.5 Å². The number of hydrogen-bond acceptors (Lipinski definition) is 5. The maximum Gasteiger partial charge on any atom is 0.411 e. The Labute approximate surface area is 187 Å². The van der Waals surface area contributed by atoms with Crippen LogP contribution in [0.1, 0.15) is 6.42 Å². The van der Waals surface area contributed by atoms with Crippen molar-refractivity contribution in [1.29, 1.82) is 0 Å². The van der Waals surface area contributed by atoms with Gasteiger partial charge in [0.1, 0.15) is 12.4 Å². The molecule has 0 atom stereocenters. The van der Waals surface area contributed by atoms with Crippen LogP contribution in [0.4, 0.5) is 16.2 Å². The average molecular weight is 434 g/mol. The van der Waals surface area contributed by atoms with Crippen LogP contribution in [0.25, 0.3) is 11.1 Å². The highest BCUT2D eigenvalue weighted by Crippen LogP contribution is 2.29. The Kier molecular flexibility index (Phi) is 8.65. The van der Waals surface area contributed by atoms with E-state index in [4.69, 9.17) is 14.2 Å². The summed E-state index contributed by atoms with van der Waals surface area (Å²) in [5.74, 6) is 0.534. The van der Waals surface area contributed by atoms with Crippen LogP contribution in [0, 0.1) is 0 Å². The minimum absolute atomic E-state index is 0.159. The number of para-hydroxylation sites is 1. The van der Waals surface area contributed by atoms with Crippen molar-refractivity contribution in [3.8, 4) is 16.9 Å². The predicted molar refractivity (Wildman–Crippen MR) is 124 cm³/mol. The Bertz CT molecular complexity index is 1020. The summed E-state index contributed by atoms with van der Waals surface area (Å²) >= 11 is 0. The van der Waals surface area contributed by atoms with Crippen LogP contribution in [0.5, 0.6) is 5.75 Å². The van der Waals surface area contributed by atoms with Crippen molar-refractivity contribution in [2.75, 3.05) is 37.6 Å². The van der Waals surface area contributed by atoms with Crippen LogP contribution in [0.2, 0.25) is 0 Å². The van der Waals surface area contributed by atoms with Crippen LogP contribution < -0.4 is 15.4 Å². The standard InChI is InChI=1S/C25H26N2O5/c1-30-16-17-32-25(29)27-21-11-7-10-20(18-21)26-24(28)14-15-31-23-13-6-5-12-22(23)19-8-3-2-4-9-19/h2-13,18H,14-17H2,1H3,(H,26,28)(H,27,29). The summed E-state index contributed by atoms with van der Waals surface area (Å²) in [7, 11) is 1.53. The Morgan fingerprint density at radius 1 is 0.781 bits per heavy atom. The second-order valence-electron chi connectivity index (χ2n) is 6.84. The average Bonchev–Trinajstić information content (AvgIpc) is 2.80. The quantitative estimate of drug-likeness (QED) is 0.441. The van der Waals surface area contributed by atoms with Gasteiger partial charge in [0.2, 0.25) is 5.91 Å². The van der Waals surface area contributed by atoms with Crippen molar-refractivity contribution in [2.45, 2.75) is 6.42 Å². The van der Waals surface area contributed by atoms with Crippen LogP contribution in [0.15, 0.2) is 78.9 Å². The molecule has 0 saturated carbocycles. The lowest BCUT2D eigenvalue weighted by molar-refractivity contribution is -0.116. The van der Waals surface area contributed by atoms with Crippen LogP contribution in [-0.2, 0) is 14.3 Å². The number of hydrogen-bond donors (Lipinski definition) is 2. The van der Waals surface area contributed by atoms with Crippen molar-refractivity contribution in [2.24, 2.45) is 0 Å². The molecule has 0 aliphatic rings. The summed E-state index contributed by atoms with van der Waals surface area (Å²) in [4.78, 5) is 24.1. The molecule has 0 bridgehead atoms. The maximum absolute atomic E-state index is 12.3. The number of ether oxygens (including phenoxy) is 3. The third-order valence-electron chi connectivity index (χ3n) is 4.47. The molecule has 166 valence electrons. The second kappa shape index (κ2) is 12.1. The molecule has 32 heavy (non-hydrogen) atoms. The Morgan fingerprint density at radius 2 is 1.50 bits per heavy atom. The van der Waals surface area contributed by atoms with Gasteiger partial charge in [-0.05, 0) is 29.8 Å². The number of benzene rings is 3. The Balaban J connectivity index is 1.49. The largest absolute Gasteiger partial charge is 0.492 e. The molecule has 3 aromatic rings. The van der Waals surface area contributed by atoms with E-state index >= 15 is 0 Å². The number of anilines is 2. The molecule has 0 aliphatic carbocycles. The number of carbonyl (C=O) groups excluding carboxylic acids is 2. The first-order valence-corrected chi connectivity index (χ1v) is 10.3. The van der Waals surface area contributed by atoms with Crippen molar-refractivity contribution < 1.29 is 23.8 Å². The van der Waals surface area contributed by atoms with E-state index in [0.29, 0.717) is 18.0 Å². The lowest BCUT2D eigenvalue weighted by Gasteiger charge is -2.12. The first-order valence-electron chi connectivity index (χ1n) is 10.3. The number of nitrogens with one attached hydrogen (secondary N) is 2. The van der Waals surface area contributed by atoms with Gasteiger partial charge in [0.25, 0.3) is 0 Å². The first kappa shape index (κ1) is 22.8. The summed E-state index contributed by atoms with van der Waals surface area (Å²) in [6, 6.07) is 24.5. The molecule has 0 saturated heterocycles. The van der Waals surface area contributed by atoms with Gasteiger partial charge < -0.3 is 19.5 Å². The van der Waals surface area contributed by atoms with Gasteiger partial charge in [-0.2, -0.15) is 0 Å². The van der Waals surface area contributed by atoms with Gasteiger partial charge in [0.15, 0.2) is 0 Å². The second-order valence-corrected chi connectivity index (χ2v) is 6.84. The zero-order valence-electron chi connectivity index (χ0n) is 17.9. The fourth-order valence-electron chi connectivity index (χ4n) is 2.97. The number of rotatable bonds is 10. The van der Waals surface area contributed by atoms with Crippen molar-refractivity contribution in [3.63, 3.8) is 0 Å². The number of carbonyl (C=O) groups is 2. The van der Waals surface area contributed by atoms with Crippen molar-refractivity contribution in [3.05, 3.63) is 78.9 Å². The molecule has 0 spiro atoms. The molecule has 3 aromatic carbocycles. The molecule has 3 rings (SSSR count).